The molecule has 5 rings (SSSR count). The molecule has 1 saturated heterocycles. The van der Waals surface area contributed by atoms with E-state index in [1.807, 2.05) is 19.0 Å². The van der Waals surface area contributed by atoms with E-state index in [0.717, 1.165) is 0 Å². The quantitative estimate of drug-likeness (QED) is 0.306. The SMILES string of the molecule is CN(C)c1ccc(O)c2c1C[C@@]1(CN3CCOCC3)C[C@H]3[C@H](N(C)C)C(O)=C(C(N)=O)C(=O)[C@@]3(O)C(O)=C1C2=O. The number of morpholine rings is 1. The maximum absolute atomic E-state index is 14.3. The topological polar surface area (TPSA) is 177 Å². The number of ketones is 2. The number of carbonyl (C=O) groups is 3. The lowest BCUT2D eigenvalue weighted by atomic mass is 9.52. The molecule has 1 amide bonds. The highest BCUT2D eigenvalue weighted by Gasteiger charge is 2.66. The van der Waals surface area contributed by atoms with E-state index in [4.69, 9.17) is 10.5 Å². The Hall–Kier alpha value is -3.45. The zero-order valence-electron chi connectivity index (χ0n) is 23.1. The van der Waals surface area contributed by atoms with Gasteiger partial charge in [-0.25, -0.2) is 0 Å². The van der Waals surface area contributed by atoms with Gasteiger partial charge < -0.3 is 35.8 Å². The zero-order valence-corrected chi connectivity index (χ0v) is 23.1. The second-order valence-electron chi connectivity index (χ2n) is 11.7. The van der Waals surface area contributed by atoms with Crippen LogP contribution in [0.5, 0.6) is 5.75 Å². The van der Waals surface area contributed by atoms with E-state index in [-0.39, 0.29) is 36.3 Å². The van der Waals surface area contributed by atoms with Gasteiger partial charge in [0.2, 0.25) is 5.78 Å². The van der Waals surface area contributed by atoms with E-state index < -0.39 is 57.5 Å². The normalized spacial score (nSPS) is 30.8. The summed E-state index contributed by atoms with van der Waals surface area (Å²) in [4.78, 5) is 45.7. The minimum Gasteiger partial charge on any atom is -0.510 e. The second kappa shape index (κ2) is 9.58. The van der Waals surface area contributed by atoms with Crippen molar-refractivity contribution < 1.29 is 39.5 Å². The number of nitrogens with zero attached hydrogens (tertiary/aromatic N) is 3. The standard InChI is InChI=1S/C28H36N4O8/c1-30(2)16-5-6-17(33)18-14(16)11-27(13-32-7-9-40-10-8-32)12-15-21(31(3)4)23(35)19(26(29)38)24(36)28(15,39)25(37)20(27)22(18)34/h5-6,15,21,33,35,37,39H,7-13H2,1-4H3,(H2,29,38)/t15-,21-,27-,28+/m0/s1. The molecule has 0 unspecified atom stereocenters. The Kier molecular flexibility index (Phi) is 6.73. The van der Waals surface area contributed by atoms with Gasteiger partial charge in [-0.15, -0.1) is 0 Å². The first-order chi connectivity index (χ1) is 18.8. The Morgan fingerprint density at radius 2 is 1.77 bits per heavy atom. The maximum Gasteiger partial charge on any atom is 0.255 e. The number of primary amides is 1. The summed E-state index contributed by atoms with van der Waals surface area (Å²) < 4.78 is 5.52. The summed E-state index contributed by atoms with van der Waals surface area (Å²) in [5.74, 6) is -6.06. The molecule has 1 heterocycles. The number of carbonyl (C=O) groups excluding carboxylic acids is 3. The molecule has 1 aliphatic heterocycles. The van der Waals surface area contributed by atoms with Crippen LogP contribution in [-0.4, -0.2) is 120 Å². The van der Waals surface area contributed by atoms with Gasteiger partial charge in [0.1, 0.15) is 22.8 Å². The number of benzene rings is 1. The van der Waals surface area contributed by atoms with Crippen LogP contribution in [-0.2, 0) is 20.7 Å². The second-order valence-corrected chi connectivity index (χ2v) is 11.7. The van der Waals surface area contributed by atoms with Crippen molar-refractivity contribution in [3.8, 4) is 5.75 Å². The summed E-state index contributed by atoms with van der Waals surface area (Å²) in [6.45, 7) is 2.39. The first-order valence-electron chi connectivity index (χ1n) is 13.2. The predicted octanol–water partition coefficient (Wildman–Crippen LogP) is -0.111. The minimum atomic E-state index is -2.70. The number of amides is 1. The van der Waals surface area contributed by atoms with Crippen LogP contribution >= 0.6 is 0 Å². The number of likely N-dealkylation sites (N-methyl/N-ethyl adjacent to an activating group) is 1. The lowest BCUT2D eigenvalue weighted by Crippen LogP contribution is -2.66. The minimum absolute atomic E-state index is 0.00617. The summed E-state index contributed by atoms with van der Waals surface area (Å²) in [5.41, 5.74) is 1.95. The highest BCUT2D eigenvalue weighted by atomic mass is 16.5. The molecule has 12 nitrogen and oxygen atoms in total. The van der Waals surface area contributed by atoms with Gasteiger partial charge in [-0.3, -0.25) is 24.2 Å². The van der Waals surface area contributed by atoms with E-state index in [9.17, 15) is 34.8 Å². The van der Waals surface area contributed by atoms with E-state index in [1.54, 1.807) is 25.1 Å². The molecule has 3 aliphatic carbocycles. The number of aromatic hydroxyl groups is 1. The number of fused-ring (bicyclic) bond motifs is 3. The molecule has 6 N–H and O–H groups in total. The van der Waals surface area contributed by atoms with Crippen LogP contribution in [0.3, 0.4) is 0 Å². The third-order valence-corrected chi connectivity index (χ3v) is 8.92. The highest BCUT2D eigenvalue weighted by Crippen LogP contribution is 2.58. The van der Waals surface area contributed by atoms with Crippen molar-refractivity contribution in [1.82, 2.24) is 9.80 Å². The number of nitrogens with two attached hydrogens (primary N) is 1. The number of aliphatic hydroxyl groups is 3. The number of Topliss-reactive ketones (excluding diaryl/α,β-unsaturated/α-hetero) is 2. The molecule has 0 spiro atoms. The summed E-state index contributed by atoms with van der Waals surface area (Å²) in [6, 6.07) is 2.06. The Balaban J connectivity index is 1.81. The molecule has 4 atom stereocenters. The Morgan fingerprint density at radius 3 is 2.35 bits per heavy atom. The van der Waals surface area contributed by atoms with Crippen LogP contribution in [0, 0.1) is 11.3 Å². The van der Waals surface area contributed by atoms with Crippen LogP contribution in [0.4, 0.5) is 5.69 Å². The first kappa shape index (κ1) is 28.1. The lowest BCUT2D eigenvalue weighted by Gasteiger charge is -2.55. The molecule has 1 aromatic rings. The largest absolute Gasteiger partial charge is 0.510 e. The van der Waals surface area contributed by atoms with Gasteiger partial charge in [0.15, 0.2) is 11.4 Å². The fourth-order valence-corrected chi connectivity index (χ4v) is 7.23. The molecular weight excluding hydrogens is 520 g/mol. The Morgan fingerprint density at radius 1 is 1.12 bits per heavy atom. The van der Waals surface area contributed by atoms with Crippen LogP contribution in [0.1, 0.15) is 22.3 Å². The lowest BCUT2D eigenvalue weighted by molar-refractivity contribution is -0.151. The third kappa shape index (κ3) is 3.85. The number of rotatable bonds is 5. The van der Waals surface area contributed by atoms with Crippen LogP contribution in [0.25, 0.3) is 0 Å². The Labute approximate surface area is 231 Å². The fourth-order valence-electron chi connectivity index (χ4n) is 7.23. The van der Waals surface area contributed by atoms with Gasteiger partial charge in [0.25, 0.3) is 5.91 Å². The molecule has 0 radical (unpaired) electrons. The number of ether oxygens (including phenoxy) is 1. The molecule has 1 aromatic carbocycles. The molecule has 40 heavy (non-hydrogen) atoms. The van der Waals surface area contributed by atoms with Gasteiger partial charge >= 0.3 is 0 Å². The molecule has 0 saturated carbocycles. The van der Waals surface area contributed by atoms with Crippen molar-refractivity contribution in [3.63, 3.8) is 0 Å². The van der Waals surface area contributed by atoms with Gasteiger partial charge in [-0.2, -0.15) is 0 Å². The number of anilines is 1. The average Bonchev–Trinajstić information content (AvgIpc) is 2.86. The smallest absolute Gasteiger partial charge is 0.255 e. The van der Waals surface area contributed by atoms with Gasteiger partial charge in [-0.05, 0) is 44.6 Å². The van der Waals surface area contributed by atoms with Gasteiger partial charge in [0.05, 0.1) is 24.8 Å². The monoisotopic (exact) mass is 556 g/mol. The number of hydrogen-bond donors (Lipinski definition) is 5. The summed E-state index contributed by atoms with van der Waals surface area (Å²) in [6.07, 6.45) is 0.222. The van der Waals surface area contributed by atoms with Crippen LogP contribution in [0.15, 0.2) is 34.8 Å². The van der Waals surface area contributed by atoms with E-state index in [2.05, 4.69) is 4.90 Å². The Bertz CT molecular complexity index is 1360. The number of aliphatic hydroxyl groups excluding tert-OH is 2. The molecule has 0 aromatic heterocycles. The van der Waals surface area contributed by atoms with Crippen molar-refractivity contribution >= 4 is 23.2 Å². The van der Waals surface area contributed by atoms with Gasteiger partial charge in [-0.1, -0.05) is 0 Å². The average molecular weight is 557 g/mol. The van der Waals surface area contributed by atoms with Crippen molar-refractivity contribution in [1.29, 1.82) is 0 Å². The van der Waals surface area contributed by atoms with E-state index >= 15 is 0 Å². The molecular formula is C28H36N4O8. The van der Waals surface area contributed by atoms with Crippen LogP contribution < -0.4 is 10.6 Å². The van der Waals surface area contributed by atoms with Crippen molar-refractivity contribution in [2.24, 2.45) is 17.1 Å². The van der Waals surface area contributed by atoms with Crippen LogP contribution in [0.2, 0.25) is 0 Å². The zero-order chi connectivity index (χ0) is 29.3. The fraction of sp³-hybridized carbons (Fsp3) is 0.536. The molecule has 216 valence electrons. The predicted molar refractivity (Wildman–Crippen MR) is 144 cm³/mol. The summed E-state index contributed by atoms with van der Waals surface area (Å²) in [5, 5.41) is 45.8. The van der Waals surface area contributed by atoms with Crippen molar-refractivity contribution in [2.45, 2.75) is 24.5 Å². The molecule has 4 aliphatic rings. The maximum atomic E-state index is 14.3. The number of phenolic OH excluding ortho intramolecular Hbond substituents is 1. The first-order valence-corrected chi connectivity index (χ1v) is 13.2. The molecule has 12 heteroatoms. The number of phenols is 1. The van der Waals surface area contributed by atoms with E-state index in [0.29, 0.717) is 37.6 Å². The summed E-state index contributed by atoms with van der Waals surface area (Å²) >= 11 is 0. The van der Waals surface area contributed by atoms with Gasteiger partial charge in [0, 0.05) is 56.3 Å². The highest BCUT2D eigenvalue weighted by molar-refractivity contribution is 6.25. The third-order valence-electron chi connectivity index (χ3n) is 8.92. The molecule has 1 fully saturated rings. The van der Waals surface area contributed by atoms with Crippen molar-refractivity contribution in [2.75, 3.05) is 65.9 Å². The number of hydrogen-bond acceptors (Lipinski definition) is 11. The van der Waals surface area contributed by atoms with E-state index in [1.165, 1.54) is 6.07 Å². The van der Waals surface area contributed by atoms with Crippen molar-refractivity contribution in [3.05, 3.63) is 45.9 Å². The molecule has 0 bridgehead atoms. The summed E-state index contributed by atoms with van der Waals surface area (Å²) in [7, 11) is 6.88.